The zero-order chi connectivity index (χ0) is 10.8. The minimum atomic E-state index is 0.346. The average Bonchev–Trinajstić information content (AvgIpc) is 2.13. The molecule has 0 aromatic carbocycles. The van der Waals surface area contributed by atoms with Crippen LogP contribution in [-0.4, -0.2) is 18.4 Å². The Morgan fingerprint density at radius 2 is 1.93 bits per heavy atom. The average molecular weight is 199 g/mol. The predicted molar refractivity (Wildman–Crippen MR) is 61.5 cm³/mol. The summed E-state index contributed by atoms with van der Waals surface area (Å²) in [5, 5.41) is 3.26. The van der Waals surface area contributed by atoms with Crippen molar-refractivity contribution in [3.05, 3.63) is 0 Å². The fourth-order valence-corrected chi connectivity index (χ4v) is 1.61. The summed E-state index contributed by atoms with van der Waals surface area (Å²) in [7, 11) is 0. The molecule has 0 aliphatic heterocycles. The van der Waals surface area contributed by atoms with E-state index in [0.717, 1.165) is 19.4 Å². The highest BCUT2D eigenvalue weighted by atomic mass is 16.1. The number of carbonyl (C=O) groups is 1. The lowest BCUT2D eigenvalue weighted by molar-refractivity contribution is -0.119. The molecule has 0 heterocycles. The van der Waals surface area contributed by atoms with Crippen LogP contribution in [0.1, 0.15) is 59.3 Å². The Labute approximate surface area is 88.5 Å². The normalized spacial score (nSPS) is 12.8. The van der Waals surface area contributed by atoms with Crippen LogP contribution < -0.4 is 5.32 Å². The molecule has 0 aliphatic carbocycles. The molecule has 1 unspecified atom stereocenters. The van der Waals surface area contributed by atoms with Gasteiger partial charge in [0.15, 0.2) is 0 Å². The zero-order valence-corrected chi connectivity index (χ0v) is 9.94. The van der Waals surface area contributed by atoms with Gasteiger partial charge in [0, 0.05) is 18.9 Å². The number of rotatable bonds is 9. The molecule has 0 amide bonds. The van der Waals surface area contributed by atoms with Gasteiger partial charge in [0.05, 0.1) is 0 Å². The zero-order valence-electron chi connectivity index (χ0n) is 9.94. The SMILES string of the molecule is CCCCCCC(=O)CC(C)NCC. The molecule has 0 aromatic rings. The van der Waals surface area contributed by atoms with Crippen LogP contribution in [0.4, 0.5) is 0 Å². The molecular weight excluding hydrogens is 174 g/mol. The summed E-state index contributed by atoms with van der Waals surface area (Å²) in [6.07, 6.45) is 6.25. The lowest BCUT2D eigenvalue weighted by Gasteiger charge is -2.10. The summed E-state index contributed by atoms with van der Waals surface area (Å²) in [4.78, 5) is 11.5. The van der Waals surface area contributed by atoms with Crippen molar-refractivity contribution in [3.8, 4) is 0 Å². The molecule has 84 valence electrons. The second-order valence-corrected chi connectivity index (χ2v) is 4.01. The van der Waals surface area contributed by atoms with Crippen molar-refractivity contribution in [2.75, 3.05) is 6.54 Å². The summed E-state index contributed by atoms with van der Waals surface area (Å²) in [6, 6.07) is 0.346. The maximum Gasteiger partial charge on any atom is 0.134 e. The van der Waals surface area contributed by atoms with E-state index in [0.29, 0.717) is 18.2 Å². The van der Waals surface area contributed by atoms with Crippen LogP contribution in [0.15, 0.2) is 0 Å². The smallest absolute Gasteiger partial charge is 0.134 e. The van der Waals surface area contributed by atoms with Crippen molar-refractivity contribution in [2.45, 2.75) is 65.3 Å². The number of nitrogens with one attached hydrogen (secondary N) is 1. The molecule has 1 N–H and O–H groups in total. The van der Waals surface area contributed by atoms with Crippen LogP contribution in [0.25, 0.3) is 0 Å². The van der Waals surface area contributed by atoms with E-state index in [2.05, 4.69) is 26.1 Å². The Balaban J connectivity index is 3.35. The number of hydrogen-bond acceptors (Lipinski definition) is 2. The highest BCUT2D eigenvalue weighted by molar-refractivity contribution is 5.78. The van der Waals surface area contributed by atoms with E-state index in [1.165, 1.54) is 19.3 Å². The van der Waals surface area contributed by atoms with Gasteiger partial charge in [-0.3, -0.25) is 4.79 Å². The van der Waals surface area contributed by atoms with Crippen molar-refractivity contribution in [2.24, 2.45) is 0 Å². The minimum absolute atomic E-state index is 0.346. The maximum atomic E-state index is 11.5. The molecule has 0 bridgehead atoms. The number of unbranched alkanes of at least 4 members (excludes halogenated alkanes) is 3. The Bertz CT molecular complexity index is 145. The van der Waals surface area contributed by atoms with Crippen LogP contribution in [-0.2, 0) is 4.79 Å². The summed E-state index contributed by atoms with van der Waals surface area (Å²) < 4.78 is 0. The van der Waals surface area contributed by atoms with Crippen LogP contribution in [0, 0.1) is 0 Å². The van der Waals surface area contributed by atoms with E-state index in [9.17, 15) is 4.79 Å². The molecule has 1 atom stereocenters. The van der Waals surface area contributed by atoms with Crippen molar-refractivity contribution in [1.29, 1.82) is 0 Å². The van der Waals surface area contributed by atoms with Gasteiger partial charge in [0.2, 0.25) is 0 Å². The van der Waals surface area contributed by atoms with Gasteiger partial charge in [-0.25, -0.2) is 0 Å². The molecular formula is C12H25NO. The number of hydrogen-bond donors (Lipinski definition) is 1. The van der Waals surface area contributed by atoms with Gasteiger partial charge in [-0.05, 0) is 19.9 Å². The standard InChI is InChI=1S/C12H25NO/c1-4-6-7-8-9-12(14)10-11(3)13-5-2/h11,13H,4-10H2,1-3H3. The van der Waals surface area contributed by atoms with Gasteiger partial charge in [-0.15, -0.1) is 0 Å². The van der Waals surface area contributed by atoms with Gasteiger partial charge in [0.25, 0.3) is 0 Å². The predicted octanol–water partition coefficient (Wildman–Crippen LogP) is 2.91. The van der Waals surface area contributed by atoms with Crippen molar-refractivity contribution < 1.29 is 4.79 Å². The molecule has 2 nitrogen and oxygen atoms in total. The third-order valence-electron chi connectivity index (χ3n) is 2.40. The Kier molecular flexibility index (Phi) is 8.95. The van der Waals surface area contributed by atoms with Crippen molar-refractivity contribution in [1.82, 2.24) is 5.32 Å². The monoisotopic (exact) mass is 199 g/mol. The lowest BCUT2D eigenvalue weighted by atomic mass is 10.1. The van der Waals surface area contributed by atoms with E-state index in [1.54, 1.807) is 0 Å². The van der Waals surface area contributed by atoms with Gasteiger partial charge in [-0.2, -0.15) is 0 Å². The molecule has 14 heavy (non-hydrogen) atoms. The molecule has 0 saturated heterocycles. The fourth-order valence-electron chi connectivity index (χ4n) is 1.61. The topological polar surface area (TPSA) is 29.1 Å². The summed E-state index contributed by atoms with van der Waals surface area (Å²) in [5.41, 5.74) is 0. The number of carbonyl (C=O) groups excluding carboxylic acids is 1. The molecule has 0 fully saturated rings. The van der Waals surface area contributed by atoms with Gasteiger partial charge >= 0.3 is 0 Å². The summed E-state index contributed by atoms with van der Waals surface area (Å²) in [6.45, 7) is 7.29. The van der Waals surface area contributed by atoms with Crippen molar-refractivity contribution in [3.63, 3.8) is 0 Å². The number of Topliss-reactive ketones (excluding diaryl/α,β-unsaturated/α-hetero) is 1. The first kappa shape index (κ1) is 13.6. The second kappa shape index (κ2) is 9.20. The van der Waals surface area contributed by atoms with Gasteiger partial charge in [-0.1, -0.05) is 33.1 Å². The Hall–Kier alpha value is -0.370. The second-order valence-electron chi connectivity index (χ2n) is 4.01. The van der Waals surface area contributed by atoms with Gasteiger partial charge in [0.1, 0.15) is 5.78 Å². The molecule has 0 radical (unpaired) electrons. The molecule has 2 heteroatoms. The third-order valence-corrected chi connectivity index (χ3v) is 2.40. The van der Waals surface area contributed by atoms with E-state index in [-0.39, 0.29) is 0 Å². The third kappa shape index (κ3) is 8.24. The molecule has 0 spiro atoms. The first-order valence-electron chi connectivity index (χ1n) is 5.95. The molecule has 0 aliphatic rings. The van der Waals surface area contributed by atoms with Gasteiger partial charge < -0.3 is 5.32 Å². The maximum absolute atomic E-state index is 11.5. The highest BCUT2D eigenvalue weighted by Gasteiger charge is 2.06. The Morgan fingerprint density at radius 1 is 1.21 bits per heavy atom. The fraction of sp³-hybridized carbons (Fsp3) is 0.917. The van der Waals surface area contributed by atoms with Crippen LogP contribution in [0.5, 0.6) is 0 Å². The summed E-state index contributed by atoms with van der Waals surface area (Å²) >= 11 is 0. The summed E-state index contributed by atoms with van der Waals surface area (Å²) in [5.74, 6) is 0.412. The van der Waals surface area contributed by atoms with E-state index < -0.39 is 0 Å². The quantitative estimate of drug-likeness (QED) is 0.578. The van der Waals surface area contributed by atoms with E-state index in [4.69, 9.17) is 0 Å². The first-order valence-corrected chi connectivity index (χ1v) is 5.95. The minimum Gasteiger partial charge on any atom is -0.314 e. The van der Waals surface area contributed by atoms with Crippen LogP contribution in [0.2, 0.25) is 0 Å². The van der Waals surface area contributed by atoms with Crippen molar-refractivity contribution >= 4 is 5.78 Å². The van der Waals surface area contributed by atoms with Crippen LogP contribution >= 0.6 is 0 Å². The van der Waals surface area contributed by atoms with E-state index >= 15 is 0 Å². The molecule has 0 saturated carbocycles. The van der Waals surface area contributed by atoms with Crippen LogP contribution in [0.3, 0.4) is 0 Å². The molecule has 0 rings (SSSR count). The molecule has 0 aromatic heterocycles. The highest BCUT2D eigenvalue weighted by Crippen LogP contribution is 2.05. The number of ketones is 1. The Morgan fingerprint density at radius 3 is 2.50 bits per heavy atom. The first-order chi connectivity index (χ1) is 6.70. The lowest BCUT2D eigenvalue weighted by Crippen LogP contribution is -2.28. The van der Waals surface area contributed by atoms with E-state index in [1.807, 2.05) is 0 Å². The largest absolute Gasteiger partial charge is 0.314 e.